The van der Waals surface area contributed by atoms with Crippen molar-refractivity contribution in [1.29, 1.82) is 0 Å². The Bertz CT molecular complexity index is 1120. The van der Waals surface area contributed by atoms with Crippen molar-refractivity contribution >= 4 is 28.8 Å². The number of nitrogens with one attached hydrogen (secondary N) is 1. The molecule has 0 atom stereocenters. The Morgan fingerprint density at radius 1 is 0.828 bits per heavy atom. The van der Waals surface area contributed by atoms with Crippen molar-refractivity contribution in [2.45, 2.75) is 6.42 Å². The second-order valence-corrected chi connectivity index (χ2v) is 7.03. The molecule has 0 aliphatic heterocycles. The molecule has 0 bridgehead atoms. The first-order valence-corrected chi connectivity index (χ1v) is 9.55. The number of benzene rings is 3. The average Bonchev–Trinajstić information content (AvgIpc) is 2.75. The smallest absolute Gasteiger partial charge is 0.169 e. The van der Waals surface area contributed by atoms with E-state index in [-0.39, 0.29) is 0 Å². The van der Waals surface area contributed by atoms with Gasteiger partial charge in [0.05, 0.1) is 22.9 Å². The van der Waals surface area contributed by atoms with Gasteiger partial charge in [-0.15, -0.1) is 0 Å². The maximum Gasteiger partial charge on any atom is 0.169 e. The van der Waals surface area contributed by atoms with E-state index in [1.807, 2.05) is 68.7 Å². The average molecular weight is 381 g/mol. The molecule has 0 saturated heterocycles. The highest BCUT2D eigenvalue weighted by Gasteiger charge is 2.09. The molecule has 0 fully saturated rings. The van der Waals surface area contributed by atoms with Crippen LogP contribution in [-0.4, -0.2) is 30.3 Å². The number of anilines is 2. The van der Waals surface area contributed by atoms with Crippen LogP contribution in [-0.2, 0) is 6.42 Å². The normalized spacial score (nSPS) is 11.1. The van der Waals surface area contributed by atoms with Gasteiger partial charge in [-0.25, -0.2) is 9.97 Å². The molecule has 4 aromatic rings. The lowest BCUT2D eigenvalue weighted by Crippen LogP contribution is -2.08. The van der Waals surface area contributed by atoms with Crippen molar-refractivity contribution < 1.29 is 0 Å². The Labute approximate surface area is 170 Å². The van der Waals surface area contributed by atoms with E-state index in [0.717, 1.165) is 28.0 Å². The van der Waals surface area contributed by atoms with E-state index in [1.54, 1.807) is 6.21 Å². The summed E-state index contributed by atoms with van der Waals surface area (Å²) < 4.78 is 0. The van der Waals surface area contributed by atoms with E-state index in [0.29, 0.717) is 12.2 Å². The first kappa shape index (κ1) is 18.6. The van der Waals surface area contributed by atoms with Gasteiger partial charge in [0, 0.05) is 26.2 Å². The Kier molecular flexibility index (Phi) is 5.47. The van der Waals surface area contributed by atoms with Crippen LogP contribution in [0.25, 0.3) is 11.0 Å². The molecule has 4 rings (SSSR count). The molecule has 0 aliphatic carbocycles. The first-order valence-electron chi connectivity index (χ1n) is 9.55. The van der Waals surface area contributed by atoms with E-state index in [4.69, 9.17) is 9.97 Å². The zero-order chi connectivity index (χ0) is 20.1. The summed E-state index contributed by atoms with van der Waals surface area (Å²) in [5.41, 5.74) is 9.05. The Morgan fingerprint density at radius 3 is 2.17 bits per heavy atom. The minimum Gasteiger partial charge on any atom is -0.378 e. The number of fused-ring (bicyclic) bond motifs is 1. The minimum absolute atomic E-state index is 0.675. The van der Waals surface area contributed by atoms with Crippen LogP contribution in [0.3, 0.4) is 0 Å². The highest BCUT2D eigenvalue weighted by atomic mass is 15.3. The zero-order valence-corrected chi connectivity index (χ0v) is 16.6. The molecule has 0 amide bonds. The van der Waals surface area contributed by atoms with E-state index >= 15 is 0 Å². The molecule has 0 spiro atoms. The fourth-order valence-electron chi connectivity index (χ4n) is 3.07. The first-order chi connectivity index (χ1) is 14.2. The van der Waals surface area contributed by atoms with Crippen molar-refractivity contribution in [3.8, 4) is 0 Å². The van der Waals surface area contributed by atoms with Gasteiger partial charge in [-0.2, -0.15) is 5.10 Å². The van der Waals surface area contributed by atoms with Crippen molar-refractivity contribution in [3.05, 3.63) is 95.7 Å². The predicted molar refractivity (Wildman–Crippen MR) is 121 cm³/mol. The maximum absolute atomic E-state index is 4.82. The predicted octanol–water partition coefficient (Wildman–Crippen LogP) is 4.73. The van der Waals surface area contributed by atoms with Gasteiger partial charge in [0.15, 0.2) is 5.82 Å². The number of aromatic nitrogens is 2. The van der Waals surface area contributed by atoms with Crippen LogP contribution in [0.4, 0.5) is 11.5 Å². The highest BCUT2D eigenvalue weighted by molar-refractivity contribution is 5.81. The van der Waals surface area contributed by atoms with Gasteiger partial charge in [0.25, 0.3) is 0 Å². The Hall–Kier alpha value is -3.73. The molecule has 144 valence electrons. The molecule has 0 radical (unpaired) electrons. The monoisotopic (exact) mass is 381 g/mol. The molecule has 1 N–H and O–H groups in total. The summed E-state index contributed by atoms with van der Waals surface area (Å²) >= 11 is 0. The van der Waals surface area contributed by atoms with Crippen LogP contribution < -0.4 is 10.3 Å². The summed E-state index contributed by atoms with van der Waals surface area (Å²) in [6.07, 6.45) is 2.48. The maximum atomic E-state index is 4.82. The summed E-state index contributed by atoms with van der Waals surface area (Å²) in [5.74, 6) is 0.675. The van der Waals surface area contributed by atoms with Gasteiger partial charge in [-0.05, 0) is 35.4 Å². The lowest BCUT2D eigenvalue weighted by Gasteiger charge is -2.11. The number of para-hydroxylation sites is 2. The van der Waals surface area contributed by atoms with Crippen LogP contribution in [0.15, 0.2) is 84.0 Å². The van der Waals surface area contributed by atoms with Crippen LogP contribution in [0.2, 0.25) is 0 Å². The molecular weight excluding hydrogens is 358 g/mol. The number of hydrogen-bond acceptors (Lipinski definition) is 5. The van der Waals surface area contributed by atoms with Crippen molar-refractivity contribution in [3.63, 3.8) is 0 Å². The van der Waals surface area contributed by atoms with Crippen LogP contribution in [0.1, 0.15) is 16.8 Å². The fraction of sp³-hybridized carbons (Fsp3) is 0.125. The van der Waals surface area contributed by atoms with Crippen molar-refractivity contribution in [2.24, 2.45) is 5.10 Å². The van der Waals surface area contributed by atoms with Gasteiger partial charge in [-0.3, -0.25) is 5.43 Å². The standard InChI is InChI=1S/C24H23N5/c1-29(2)20-14-12-19(13-15-20)17-25-28-24-23(16-18-8-4-3-5-9-18)26-21-10-6-7-11-22(21)27-24/h3-15,17H,16H2,1-2H3,(H,27,28)/b25-17+. The third-order valence-corrected chi connectivity index (χ3v) is 4.65. The van der Waals surface area contributed by atoms with Crippen LogP contribution >= 0.6 is 0 Å². The summed E-state index contributed by atoms with van der Waals surface area (Å²) in [6, 6.07) is 26.4. The molecule has 1 heterocycles. The SMILES string of the molecule is CN(C)c1ccc(/C=N/Nc2nc3ccccc3nc2Cc2ccccc2)cc1. The number of nitrogens with zero attached hydrogens (tertiary/aromatic N) is 4. The molecule has 0 unspecified atom stereocenters. The van der Waals surface area contributed by atoms with Gasteiger partial charge < -0.3 is 4.90 Å². The van der Waals surface area contributed by atoms with E-state index < -0.39 is 0 Å². The molecule has 0 saturated carbocycles. The van der Waals surface area contributed by atoms with Crippen molar-refractivity contribution in [2.75, 3.05) is 24.4 Å². The summed E-state index contributed by atoms with van der Waals surface area (Å²) in [7, 11) is 4.05. The molecule has 5 nitrogen and oxygen atoms in total. The Morgan fingerprint density at radius 2 is 1.48 bits per heavy atom. The third-order valence-electron chi connectivity index (χ3n) is 4.65. The topological polar surface area (TPSA) is 53.4 Å². The van der Waals surface area contributed by atoms with Crippen LogP contribution in [0, 0.1) is 0 Å². The van der Waals surface area contributed by atoms with Gasteiger partial charge >= 0.3 is 0 Å². The van der Waals surface area contributed by atoms with E-state index in [9.17, 15) is 0 Å². The number of hydrazone groups is 1. The van der Waals surface area contributed by atoms with Crippen molar-refractivity contribution in [1.82, 2.24) is 9.97 Å². The molecule has 3 aromatic carbocycles. The Balaban J connectivity index is 1.60. The van der Waals surface area contributed by atoms with Gasteiger partial charge in [0.2, 0.25) is 0 Å². The van der Waals surface area contributed by atoms with Crippen LogP contribution in [0.5, 0.6) is 0 Å². The molecule has 5 heteroatoms. The molecular formula is C24H23N5. The number of rotatable bonds is 6. The van der Waals surface area contributed by atoms with E-state index in [1.165, 1.54) is 5.56 Å². The lowest BCUT2D eigenvalue weighted by atomic mass is 10.1. The molecule has 29 heavy (non-hydrogen) atoms. The zero-order valence-electron chi connectivity index (χ0n) is 16.6. The lowest BCUT2D eigenvalue weighted by molar-refractivity contribution is 1.06. The summed E-state index contributed by atoms with van der Waals surface area (Å²) in [4.78, 5) is 11.6. The second-order valence-electron chi connectivity index (χ2n) is 7.03. The quantitative estimate of drug-likeness (QED) is 0.387. The largest absolute Gasteiger partial charge is 0.378 e. The second kappa shape index (κ2) is 8.52. The highest BCUT2D eigenvalue weighted by Crippen LogP contribution is 2.20. The number of hydrogen-bond donors (Lipinski definition) is 1. The molecule has 1 aromatic heterocycles. The summed E-state index contributed by atoms with van der Waals surface area (Å²) in [5, 5.41) is 4.40. The van der Waals surface area contributed by atoms with E-state index in [2.05, 4.69) is 39.7 Å². The minimum atomic E-state index is 0.675. The third kappa shape index (κ3) is 4.58. The summed E-state index contributed by atoms with van der Waals surface area (Å²) in [6.45, 7) is 0. The van der Waals surface area contributed by atoms with Gasteiger partial charge in [0.1, 0.15) is 0 Å². The molecule has 0 aliphatic rings. The fourth-order valence-corrected chi connectivity index (χ4v) is 3.07. The van der Waals surface area contributed by atoms with Gasteiger partial charge in [-0.1, -0.05) is 54.6 Å².